The van der Waals surface area contributed by atoms with Gasteiger partial charge in [0.2, 0.25) is 0 Å². The number of carbonyl (C=O) groups is 1. The van der Waals surface area contributed by atoms with Gasteiger partial charge in [-0.15, -0.1) is 0 Å². The first-order valence-electron chi connectivity index (χ1n) is 20.3. The number of unbranched alkanes of at least 4 members (excludes halogenated alkanes) is 21. The minimum absolute atomic E-state index is 0.111. The van der Waals surface area contributed by atoms with Crippen molar-refractivity contribution < 1.29 is 44.2 Å². The topological polar surface area (TPSA) is 135 Å². The van der Waals surface area contributed by atoms with E-state index in [9.17, 15) is 25.2 Å². The first-order chi connectivity index (χ1) is 23.9. The number of hydrogen-bond acceptors (Lipinski definition) is 9. The van der Waals surface area contributed by atoms with Gasteiger partial charge in [-0.2, -0.15) is 0 Å². The van der Waals surface area contributed by atoms with Crippen molar-refractivity contribution in [3.05, 3.63) is 12.2 Å². The SMILES string of the molecule is CCCCCCCC/C=C\CCCCCCCCCC(=O)OC(COCCCCCCCCCCC)COC1OC(CO)C(O)C(O)C1O. The van der Waals surface area contributed by atoms with E-state index in [2.05, 4.69) is 26.0 Å². The summed E-state index contributed by atoms with van der Waals surface area (Å²) in [6.45, 7) is 4.54. The van der Waals surface area contributed by atoms with Crippen molar-refractivity contribution in [2.45, 2.75) is 211 Å². The molecule has 0 aromatic rings. The summed E-state index contributed by atoms with van der Waals surface area (Å²) >= 11 is 0. The number of aliphatic hydroxyl groups is 4. The Morgan fingerprint density at radius 2 is 1.12 bits per heavy atom. The summed E-state index contributed by atoms with van der Waals surface area (Å²) in [5.74, 6) is -0.318. The van der Waals surface area contributed by atoms with E-state index in [-0.39, 0.29) is 19.2 Å². The highest BCUT2D eigenvalue weighted by atomic mass is 16.7. The molecule has 6 atom stereocenters. The van der Waals surface area contributed by atoms with E-state index < -0.39 is 43.4 Å². The molecular formula is C40H76O9. The van der Waals surface area contributed by atoms with E-state index in [0.29, 0.717) is 13.0 Å². The molecular weight excluding hydrogens is 624 g/mol. The van der Waals surface area contributed by atoms with Gasteiger partial charge in [0.1, 0.15) is 30.5 Å². The second kappa shape index (κ2) is 32.8. The fourth-order valence-corrected chi connectivity index (χ4v) is 6.19. The number of ether oxygens (including phenoxy) is 4. The van der Waals surface area contributed by atoms with Gasteiger partial charge < -0.3 is 39.4 Å². The lowest BCUT2D eigenvalue weighted by molar-refractivity contribution is -0.305. The van der Waals surface area contributed by atoms with Crippen LogP contribution in [0, 0.1) is 0 Å². The minimum atomic E-state index is -1.53. The zero-order valence-corrected chi connectivity index (χ0v) is 31.5. The third kappa shape index (κ3) is 24.7. The van der Waals surface area contributed by atoms with Crippen molar-refractivity contribution >= 4 is 5.97 Å². The Bertz CT molecular complexity index is 762. The van der Waals surface area contributed by atoms with Crippen LogP contribution < -0.4 is 0 Å². The van der Waals surface area contributed by atoms with Crippen LogP contribution in [0.4, 0.5) is 0 Å². The molecule has 0 amide bonds. The molecule has 1 heterocycles. The molecule has 0 aliphatic carbocycles. The summed E-state index contributed by atoms with van der Waals surface area (Å²) < 4.78 is 22.7. The van der Waals surface area contributed by atoms with Crippen molar-refractivity contribution in [1.82, 2.24) is 0 Å². The summed E-state index contributed by atoms with van der Waals surface area (Å²) in [7, 11) is 0. The summed E-state index contributed by atoms with van der Waals surface area (Å²) in [6.07, 6.45) is 26.6. The molecule has 0 spiro atoms. The first kappa shape index (κ1) is 46.0. The summed E-state index contributed by atoms with van der Waals surface area (Å²) in [4.78, 5) is 12.7. The van der Waals surface area contributed by atoms with Crippen LogP contribution in [0.5, 0.6) is 0 Å². The van der Waals surface area contributed by atoms with Crippen LogP contribution in [0.3, 0.4) is 0 Å². The normalized spacial score (nSPS) is 21.8. The van der Waals surface area contributed by atoms with E-state index in [1.165, 1.54) is 122 Å². The Hall–Kier alpha value is -1.07. The van der Waals surface area contributed by atoms with Gasteiger partial charge in [-0.25, -0.2) is 0 Å². The maximum atomic E-state index is 12.7. The maximum Gasteiger partial charge on any atom is 0.306 e. The van der Waals surface area contributed by atoms with E-state index >= 15 is 0 Å². The molecule has 6 unspecified atom stereocenters. The van der Waals surface area contributed by atoms with E-state index in [0.717, 1.165) is 32.1 Å². The standard InChI is InChI=1S/C40H76O9/c1-3-5-7-9-11-13-14-15-16-17-18-19-20-21-23-25-27-29-36(42)48-34(32-46-30-28-26-24-22-12-10-8-6-4-2)33-47-40-39(45)38(44)37(43)35(31-41)49-40/h15-16,34-35,37-41,43-45H,3-14,17-33H2,1-2H3/b16-15-. The molecule has 1 aliphatic heterocycles. The zero-order valence-electron chi connectivity index (χ0n) is 31.5. The maximum absolute atomic E-state index is 12.7. The molecule has 1 saturated heterocycles. The molecule has 0 aromatic carbocycles. The molecule has 290 valence electrons. The zero-order chi connectivity index (χ0) is 35.8. The van der Waals surface area contributed by atoms with Crippen LogP contribution >= 0.6 is 0 Å². The van der Waals surface area contributed by atoms with E-state index in [1.807, 2.05) is 0 Å². The molecule has 9 nitrogen and oxygen atoms in total. The highest BCUT2D eigenvalue weighted by Crippen LogP contribution is 2.22. The van der Waals surface area contributed by atoms with Gasteiger partial charge in [0.15, 0.2) is 6.29 Å². The predicted octanol–water partition coefficient (Wildman–Crippen LogP) is 8.08. The van der Waals surface area contributed by atoms with Crippen molar-refractivity contribution in [2.75, 3.05) is 26.4 Å². The summed E-state index contributed by atoms with van der Waals surface area (Å²) in [6, 6.07) is 0. The summed E-state index contributed by atoms with van der Waals surface area (Å²) in [5, 5.41) is 39.9. The molecule has 0 bridgehead atoms. The Kier molecular flexibility index (Phi) is 30.8. The molecule has 0 aromatic heterocycles. The number of allylic oxidation sites excluding steroid dienone is 2. The van der Waals surface area contributed by atoms with Gasteiger partial charge in [0, 0.05) is 13.0 Å². The second-order valence-corrected chi connectivity index (χ2v) is 14.1. The third-order valence-electron chi connectivity index (χ3n) is 9.43. The van der Waals surface area contributed by atoms with Crippen molar-refractivity contribution in [3.8, 4) is 0 Å². The Labute approximate surface area is 299 Å². The van der Waals surface area contributed by atoms with Crippen LogP contribution in [-0.4, -0.2) is 89.6 Å². The first-order valence-corrected chi connectivity index (χ1v) is 20.3. The second-order valence-electron chi connectivity index (χ2n) is 14.1. The molecule has 1 rings (SSSR count). The Morgan fingerprint density at radius 1 is 0.633 bits per heavy atom. The lowest BCUT2D eigenvalue weighted by atomic mass is 9.99. The average Bonchev–Trinajstić information content (AvgIpc) is 3.10. The molecule has 9 heteroatoms. The van der Waals surface area contributed by atoms with Gasteiger partial charge in [-0.05, 0) is 38.5 Å². The monoisotopic (exact) mass is 701 g/mol. The lowest BCUT2D eigenvalue weighted by Crippen LogP contribution is -2.59. The number of aliphatic hydroxyl groups excluding tert-OH is 4. The van der Waals surface area contributed by atoms with Gasteiger partial charge in [0.25, 0.3) is 0 Å². The van der Waals surface area contributed by atoms with Crippen molar-refractivity contribution in [1.29, 1.82) is 0 Å². The van der Waals surface area contributed by atoms with E-state index in [4.69, 9.17) is 18.9 Å². The number of hydrogen-bond donors (Lipinski definition) is 4. The fraction of sp³-hybridized carbons (Fsp3) is 0.925. The van der Waals surface area contributed by atoms with Crippen LogP contribution in [0.25, 0.3) is 0 Å². The summed E-state index contributed by atoms with van der Waals surface area (Å²) in [5.41, 5.74) is 0. The molecule has 1 aliphatic rings. The van der Waals surface area contributed by atoms with Crippen molar-refractivity contribution in [2.24, 2.45) is 0 Å². The number of esters is 1. The highest BCUT2D eigenvalue weighted by Gasteiger charge is 2.44. The number of carbonyl (C=O) groups excluding carboxylic acids is 1. The minimum Gasteiger partial charge on any atom is -0.457 e. The van der Waals surface area contributed by atoms with Crippen LogP contribution in [0.15, 0.2) is 12.2 Å². The van der Waals surface area contributed by atoms with Crippen LogP contribution in [0.2, 0.25) is 0 Å². The predicted molar refractivity (Wildman–Crippen MR) is 196 cm³/mol. The smallest absolute Gasteiger partial charge is 0.306 e. The quantitative estimate of drug-likeness (QED) is 0.0299. The van der Waals surface area contributed by atoms with Gasteiger partial charge in [-0.3, -0.25) is 4.79 Å². The van der Waals surface area contributed by atoms with E-state index in [1.54, 1.807) is 0 Å². The van der Waals surface area contributed by atoms with Crippen molar-refractivity contribution in [3.63, 3.8) is 0 Å². The Morgan fingerprint density at radius 3 is 1.65 bits per heavy atom. The third-order valence-corrected chi connectivity index (χ3v) is 9.43. The van der Waals surface area contributed by atoms with Gasteiger partial charge in [0.05, 0.1) is 19.8 Å². The van der Waals surface area contributed by atoms with Gasteiger partial charge >= 0.3 is 5.97 Å². The molecule has 0 radical (unpaired) electrons. The van der Waals surface area contributed by atoms with Crippen LogP contribution in [-0.2, 0) is 23.7 Å². The largest absolute Gasteiger partial charge is 0.457 e. The fourth-order valence-electron chi connectivity index (χ4n) is 6.19. The number of rotatable bonds is 34. The highest BCUT2D eigenvalue weighted by molar-refractivity contribution is 5.69. The molecule has 4 N–H and O–H groups in total. The van der Waals surface area contributed by atoms with Crippen LogP contribution in [0.1, 0.15) is 174 Å². The van der Waals surface area contributed by atoms with Gasteiger partial charge in [-0.1, -0.05) is 142 Å². The Balaban J connectivity index is 2.28. The average molecular weight is 701 g/mol. The molecule has 0 saturated carbocycles. The molecule has 1 fully saturated rings. The lowest BCUT2D eigenvalue weighted by Gasteiger charge is -2.39. The molecule has 49 heavy (non-hydrogen) atoms.